The van der Waals surface area contributed by atoms with Crippen molar-refractivity contribution in [3.8, 4) is 0 Å². The number of hydrogen-bond acceptors (Lipinski definition) is 4. The van der Waals surface area contributed by atoms with Gasteiger partial charge in [0, 0.05) is 17.7 Å². The molecule has 2 heterocycles. The molecule has 2 aromatic heterocycles. The average molecular weight is 262 g/mol. The Kier molecular flexibility index (Phi) is 3.18. The molecular weight excluding hydrogens is 254 g/mol. The second-order valence-electron chi connectivity index (χ2n) is 2.85. The number of hydrogen-bond donors (Lipinski definition) is 1. The van der Waals surface area contributed by atoms with Crippen molar-refractivity contribution in [2.45, 2.75) is 10.9 Å². The molecule has 0 fully saturated rings. The molecule has 0 saturated heterocycles. The topological polar surface area (TPSA) is 50.7 Å². The first-order valence-corrected chi connectivity index (χ1v) is 6.39. The highest BCUT2D eigenvalue weighted by atomic mass is 35.5. The van der Waals surface area contributed by atoms with Gasteiger partial charge in [-0.2, -0.15) is 0 Å². The smallest absolute Gasteiger partial charge is 0.273 e. The summed E-state index contributed by atoms with van der Waals surface area (Å²) < 4.78 is 1.48. The lowest BCUT2D eigenvalue weighted by molar-refractivity contribution is 0.766. The van der Waals surface area contributed by atoms with Gasteiger partial charge in [-0.3, -0.25) is 4.57 Å². The van der Waals surface area contributed by atoms with Gasteiger partial charge in [-0.25, -0.2) is 9.89 Å². The minimum absolute atomic E-state index is 0.199. The molecule has 0 aliphatic heterocycles. The van der Waals surface area contributed by atoms with E-state index >= 15 is 0 Å². The average Bonchev–Trinajstić information content (AvgIpc) is 2.74. The molecule has 1 N–H and O–H groups in total. The molecule has 15 heavy (non-hydrogen) atoms. The van der Waals surface area contributed by atoms with E-state index < -0.39 is 0 Å². The maximum absolute atomic E-state index is 11.1. The first-order chi connectivity index (χ1) is 7.18. The van der Waals surface area contributed by atoms with Gasteiger partial charge in [0.2, 0.25) is 0 Å². The Hall–Kier alpha value is -0.720. The Bertz CT molecular complexity index is 516. The van der Waals surface area contributed by atoms with Crippen molar-refractivity contribution in [3.05, 3.63) is 31.8 Å². The Morgan fingerprint density at radius 3 is 3.07 bits per heavy atom. The van der Waals surface area contributed by atoms with Gasteiger partial charge < -0.3 is 0 Å². The van der Waals surface area contributed by atoms with Crippen LogP contribution < -0.4 is 5.69 Å². The quantitative estimate of drug-likeness (QED) is 0.861. The van der Waals surface area contributed by atoms with E-state index in [0.29, 0.717) is 5.16 Å². The Balaban J connectivity index is 2.09. The number of thiophene rings is 1. The predicted molar refractivity (Wildman–Crippen MR) is 62.7 cm³/mol. The molecule has 0 spiro atoms. The lowest BCUT2D eigenvalue weighted by Crippen LogP contribution is -2.12. The van der Waals surface area contributed by atoms with E-state index in [-0.39, 0.29) is 5.69 Å². The molecule has 0 aliphatic carbocycles. The Labute approximate surface area is 99.3 Å². The maximum atomic E-state index is 11.1. The Morgan fingerprint density at radius 2 is 2.53 bits per heavy atom. The van der Waals surface area contributed by atoms with E-state index in [1.54, 1.807) is 18.4 Å². The van der Waals surface area contributed by atoms with E-state index in [9.17, 15) is 4.79 Å². The molecule has 0 amide bonds. The largest absolute Gasteiger partial charge is 0.343 e. The van der Waals surface area contributed by atoms with Crippen LogP contribution in [0.5, 0.6) is 0 Å². The van der Waals surface area contributed by atoms with Crippen molar-refractivity contribution in [3.63, 3.8) is 0 Å². The van der Waals surface area contributed by atoms with Crippen LogP contribution in [0.1, 0.15) is 4.88 Å². The van der Waals surface area contributed by atoms with E-state index in [0.717, 1.165) is 15.7 Å². The summed E-state index contributed by atoms with van der Waals surface area (Å²) in [5.41, 5.74) is -0.199. The van der Waals surface area contributed by atoms with Gasteiger partial charge in [0.25, 0.3) is 0 Å². The third-order valence-electron chi connectivity index (χ3n) is 1.86. The molecule has 0 aliphatic rings. The fourth-order valence-corrected chi connectivity index (χ4v) is 3.24. The van der Waals surface area contributed by atoms with Crippen LogP contribution >= 0.6 is 34.7 Å². The summed E-state index contributed by atoms with van der Waals surface area (Å²) >= 11 is 9.04. The standard InChI is InChI=1S/C8H8ClN3OS2/c1-12-7(13)10-11-8(12)15-4-6-5(9)2-3-14-6/h2-3H,4H2,1H3,(H,10,13). The summed E-state index contributed by atoms with van der Waals surface area (Å²) in [5, 5.41) is 9.67. The van der Waals surface area contributed by atoms with E-state index in [1.807, 2.05) is 11.4 Å². The van der Waals surface area contributed by atoms with Gasteiger partial charge in [0.1, 0.15) is 0 Å². The van der Waals surface area contributed by atoms with Crippen LogP contribution in [0.3, 0.4) is 0 Å². The summed E-state index contributed by atoms with van der Waals surface area (Å²) in [6.45, 7) is 0. The summed E-state index contributed by atoms with van der Waals surface area (Å²) in [6.07, 6.45) is 0. The van der Waals surface area contributed by atoms with Crippen molar-refractivity contribution in [1.82, 2.24) is 14.8 Å². The third-order valence-corrected chi connectivity index (χ3v) is 4.49. The van der Waals surface area contributed by atoms with Crippen molar-refractivity contribution in [2.24, 2.45) is 7.05 Å². The molecule has 80 valence electrons. The SMILES string of the molecule is Cn1c(SCc2sccc2Cl)n[nH]c1=O. The number of nitrogens with zero attached hydrogens (tertiary/aromatic N) is 2. The highest BCUT2D eigenvalue weighted by molar-refractivity contribution is 7.98. The fourth-order valence-electron chi connectivity index (χ4n) is 1.02. The fraction of sp³-hybridized carbons (Fsp3) is 0.250. The summed E-state index contributed by atoms with van der Waals surface area (Å²) in [7, 11) is 1.68. The van der Waals surface area contributed by atoms with E-state index in [2.05, 4.69) is 10.2 Å². The summed E-state index contributed by atoms with van der Waals surface area (Å²) in [6, 6.07) is 1.87. The second-order valence-corrected chi connectivity index (χ2v) is 5.20. The van der Waals surface area contributed by atoms with Gasteiger partial charge in [0.15, 0.2) is 5.16 Å². The number of aromatic amines is 1. The van der Waals surface area contributed by atoms with Crippen LogP contribution in [0, 0.1) is 0 Å². The lowest BCUT2D eigenvalue weighted by atomic mass is 10.5. The van der Waals surface area contributed by atoms with Crippen LogP contribution in [0.4, 0.5) is 0 Å². The lowest BCUT2D eigenvalue weighted by Gasteiger charge is -1.98. The molecule has 4 nitrogen and oxygen atoms in total. The summed E-state index contributed by atoms with van der Waals surface area (Å²) in [5.74, 6) is 0.731. The predicted octanol–water partition coefficient (Wildman–Crippen LogP) is 2.12. The monoisotopic (exact) mass is 261 g/mol. The molecule has 0 radical (unpaired) electrons. The number of H-pyrrole nitrogens is 1. The highest BCUT2D eigenvalue weighted by Gasteiger charge is 2.07. The van der Waals surface area contributed by atoms with Crippen molar-refractivity contribution < 1.29 is 0 Å². The molecule has 0 unspecified atom stereocenters. The molecule has 0 bridgehead atoms. The molecule has 0 aromatic carbocycles. The number of rotatable bonds is 3. The van der Waals surface area contributed by atoms with E-state index in [1.165, 1.54) is 16.3 Å². The van der Waals surface area contributed by atoms with Crippen molar-refractivity contribution in [2.75, 3.05) is 0 Å². The first-order valence-electron chi connectivity index (χ1n) is 4.14. The zero-order chi connectivity index (χ0) is 10.8. The maximum Gasteiger partial charge on any atom is 0.343 e. The van der Waals surface area contributed by atoms with Gasteiger partial charge >= 0.3 is 5.69 Å². The Morgan fingerprint density at radius 1 is 1.73 bits per heavy atom. The zero-order valence-corrected chi connectivity index (χ0v) is 10.2. The van der Waals surface area contributed by atoms with Crippen LogP contribution in [0.2, 0.25) is 5.02 Å². The molecule has 2 aromatic rings. The molecule has 0 atom stereocenters. The zero-order valence-electron chi connectivity index (χ0n) is 7.86. The van der Waals surface area contributed by atoms with Crippen LogP contribution in [0.25, 0.3) is 0 Å². The van der Waals surface area contributed by atoms with Crippen molar-refractivity contribution >= 4 is 34.7 Å². The van der Waals surface area contributed by atoms with Gasteiger partial charge in [-0.05, 0) is 11.4 Å². The van der Waals surface area contributed by atoms with Crippen LogP contribution in [0.15, 0.2) is 21.4 Å². The van der Waals surface area contributed by atoms with Crippen LogP contribution in [-0.4, -0.2) is 14.8 Å². The summed E-state index contributed by atoms with van der Waals surface area (Å²) in [4.78, 5) is 12.2. The highest BCUT2D eigenvalue weighted by Crippen LogP contribution is 2.28. The van der Waals surface area contributed by atoms with E-state index in [4.69, 9.17) is 11.6 Å². The first kappa shape index (κ1) is 10.8. The minimum atomic E-state index is -0.199. The van der Waals surface area contributed by atoms with Crippen molar-refractivity contribution in [1.29, 1.82) is 0 Å². The molecular formula is C8H8ClN3OS2. The van der Waals surface area contributed by atoms with Gasteiger partial charge in [-0.15, -0.1) is 16.4 Å². The number of thioether (sulfide) groups is 1. The normalized spacial score (nSPS) is 10.8. The molecule has 2 rings (SSSR count). The van der Waals surface area contributed by atoms with Gasteiger partial charge in [0.05, 0.1) is 5.02 Å². The van der Waals surface area contributed by atoms with Gasteiger partial charge in [-0.1, -0.05) is 23.4 Å². The number of aromatic nitrogens is 3. The second kappa shape index (κ2) is 4.42. The molecule has 0 saturated carbocycles. The number of halogens is 1. The number of nitrogens with one attached hydrogen (secondary N) is 1. The third kappa shape index (κ3) is 2.27. The van der Waals surface area contributed by atoms with Crippen LogP contribution in [-0.2, 0) is 12.8 Å². The molecule has 7 heteroatoms. The minimum Gasteiger partial charge on any atom is -0.273 e.